The molecule has 1 amide bonds. The average Bonchev–Trinajstić information content (AvgIpc) is 2.38. The third-order valence-corrected chi connectivity index (χ3v) is 3.20. The molecule has 1 rings (SSSR count). The number of hydrogen-bond donors (Lipinski definition) is 1. The van der Waals surface area contributed by atoms with Gasteiger partial charge in [-0.05, 0) is 19.3 Å². The standard InChI is InChI=1S/C14H24N2O3/c1-3-7-16(8-4-2)13(17)11-15-9-5-6-12(10-15)14(18)19/h6H,3-5,7-11H2,1-2H3,(H,18,19). The lowest BCUT2D eigenvalue weighted by Crippen LogP contribution is -2.43. The molecule has 0 saturated heterocycles. The Balaban J connectivity index is 2.52. The van der Waals surface area contributed by atoms with Gasteiger partial charge in [0.1, 0.15) is 0 Å². The Kier molecular flexibility index (Phi) is 6.56. The molecule has 19 heavy (non-hydrogen) atoms. The van der Waals surface area contributed by atoms with Crippen LogP contribution in [0.25, 0.3) is 0 Å². The Hall–Kier alpha value is -1.36. The Morgan fingerprint density at radius 3 is 2.47 bits per heavy atom. The summed E-state index contributed by atoms with van der Waals surface area (Å²) in [5.41, 5.74) is 0.400. The molecule has 0 aliphatic carbocycles. The van der Waals surface area contributed by atoms with E-state index in [4.69, 9.17) is 5.11 Å². The number of carboxylic acids is 1. The zero-order valence-corrected chi connectivity index (χ0v) is 11.9. The maximum atomic E-state index is 12.2. The fourth-order valence-corrected chi connectivity index (χ4v) is 2.29. The van der Waals surface area contributed by atoms with E-state index < -0.39 is 5.97 Å². The van der Waals surface area contributed by atoms with E-state index >= 15 is 0 Å². The average molecular weight is 268 g/mol. The smallest absolute Gasteiger partial charge is 0.332 e. The van der Waals surface area contributed by atoms with Gasteiger partial charge in [0.15, 0.2) is 0 Å². The third-order valence-electron chi connectivity index (χ3n) is 3.20. The predicted octanol–water partition coefficient (Wildman–Crippen LogP) is 1.35. The topological polar surface area (TPSA) is 60.9 Å². The van der Waals surface area contributed by atoms with Crippen LogP contribution in [0.4, 0.5) is 0 Å². The second-order valence-corrected chi connectivity index (χ2v) is 4.91. The van der Waals surface area contributed by atoms with Crippen LogP contribution in [0.1, 0.15) is 33.1 Å². The molecule has 0 aromatic carbocycles. The molecule has 5 heteroatoms. The Morgan fingerprint density at radius 1 is 1.32 bits per heavy atom. The first-order valence-corrected chi connectivity index (χ1v) is 7.00. The van der Waals surface area contributed by atoms with Crippen LogP contribution in [0.15, 0.2) is 11.6 Å². The molecule has 1 aliphatic rings. The van der Waals surface area contributed by atoms with Crippen molar-refractivity contribution < 1.29 is 14.7 Å². The van der Waals surface area contributed by atoms with Crippen LogP contribution >= 0.6 is 0 Å². The van der Waals surface area contributed by atoms with E-state index in [0.717, 1.165) is 32.5 Å². The van der Waals surface area contributed by atoms with Crippen molar-refractivity contribution in [3.05, 3.63) is 11.6 Å². The lowest BCUT2D eigenvalue weighted by molar-refractivity contribution is -0.135. The molecule has 1 N–H and O–H groups in total. The molecule has 0 atom stereocenters. The number of hydrogen-bond acceptors (Lipinski definition) is 3. The summed E-state index contributed by atoms with van der Waals surface area (Å²) in [5.74, 6) is -0.772. The normalized spacial score (nSPS) is 16.0. The van der Waals surface area contributed by atoms with E-state index in [-0.39, 0.29) is 5.91 Å². The highest BCUT2D eigenvalue weighted by Gasteiger charge is 2.21. The quantitative estimate of drug-likeness (QED) is 0.757. The molecule has 0 spiro atoms. The van der Waals surface area contributed by atoms with Crippen molar-refractivity contribution in [2.45, 2.75) is 33.1 Å². The maximum Gasteiger partial charge on any atom is 0.332 e. The number of nitrogens with zero attached hydrogens (tertiary/aromatic N) is 2. The van der Waals surface area contributed by atoms with E-state index in [2.05, 4.69) is 13.8 Å². The van der Waals surface area contributed by atoms with Crippen molar-refractivity contribution in [2.75, 3.05) is 32.7 Å². The van der Waals surface area contributed by atoms with Crippen LogP contribution in [0, 0.1) is 0 Å². The number of carbonyl (C=O) groups excluding carboxylic acids is 1. The second-order valence-electron chi connectivity index (χ2n) is 4.91. The zero-order valence-electron chi connectivity index (χ0n) is 11.9. The molecule has 1 aliphatic heterocycles. The van der Waals surface area contributed by atoms with E-state index in [1.807, 2.05) is 9.80 Å². The van der Waals surface area contributed by atoms with Crippen LogP contribution in [0.3, 0.4) is 0 Å². The molecule has 0 unspecified atom stereocenters. The van der Waals surface area contributed by atoms with Gasteiger partial charge in [-0.2, -0.15) is 0 Å². The van der Waals surface area contributed by atoms with Crippen LogP contribution in [0.2, 0.25) is 0 Å². The van der Waals surface area contributed by atoms with Gasteiger partial charge in [-0.15, -0.1) is 0 Å². The molecular formula is C14H24N2O3. The predicted molar refractivity (Wildman–Crippen MR) is 73.9 cm³/mol. The minimum absolute atomic E-state index is 0.107. The number of aliphatic carboxylic acids is 1. The zero-order chi connectivity index (χ0) is 14.3. The van der Waals surface area contributed by atoms with E-state index in [9.17, 15) is 9.59 Å². The summed E-state index contributed by atoms with van der Waals surface area (Å²) in [7, 11) is 0. The summed E-state index contributed by atoms with van der Waals surface area (Å²) in [6, 6.07) is 0. The third kappa shape index (κ3) is 5.03. The molecular weight excluding hydrogens is 244 g/mol. The summed E-state index contributed by atoms with van der Waals surface area (Å²) >= 11 is 0. The molecule has 5 nitrogen and oxygen atoms in total. The van der Waals surface area contributed by atoms with Crippen molar-refractivity contribution in [3.8, 4) is 0 Å². The molecule has 0 aromatic rings. The van der Waals surface area contributed by atoms with Crippen LogP contribution in [-0.4, -0.2) is 59.5 Å². The van der Waals surface area contributed by atoms with E-state index in [0.29, 0.717) is 25.1 Å². The minimum Gasteiger partial charge on any atom is -0.478 e. The van der Waals surface area contributed by atoms with Gasteiger partial charge in [0.2, 0.25) is 5.91 Å². The fraction of sp³-hybridized carbons (Fsp3) is 0.714. The lowest BCUT2D eigenvalue weighted by Gasteiger charge is -2.28. The summed E-state index contributed by atoms with van der Waals surface area (Å²) < 4.78 is 0. The van der Waals surface area contributed by atoms with Gasteiger partial charge in [-0.3, -0.25) is 9.69 Å². The highest BCUT2D eigenvalue weighted by atomic mass is 16.4. The first-order valence-electron chi connectivity index (χ1n) is 7.00. The van der Waals surface area contributed by atoms with Gasteiger partial charge < -0.3 is 10.0 Å². The van der Waals surface area contributed by atoms with Gasteiger partial charge >= 0.3 is 5.97 Å². The summed E-state index contributed by atoms with van der Waals surface area (Å²) in [6.07, 6.45) is 4.35. The Morgan fingerprint density at radius 2 is 1.95 bits per heavy atom. The maximum absolute atomic E-state index is 12.2. The first kappa shape index (κ1) is 15.7. The van der Waals surface area contributed by atoms with Gasteiger partial charge in [-0.1, -0.05) is 19.9 Å². The highest BCUT2D eigenvalue weighted by Crippen LogP contribution is 2.10. The van der Waals surface area contributed by atoms with Crippen molar-refractivity contribution in [2.24, 2.45) is 0 Å². The van der Waals surface area contributed by atoms with Gasteiger partial charge in [0, 0.05) is 31.8 Å². The second kappa shape index (κ2) is 7.94. The largest absolute Gasteiger partial charge is 0.478 e. The van der Waals surface area contributed by atoms with Crippen molar-refractivity contribution in [1.82, 2.24) is 9.80 Å². The summed E-state index contributed by atoms with van der Waals surface area (Å²) in [5, 5.41) is 8.98. The fourth-order valence-electron chi connectivity index (χ4n) is 2.29. The van der Waals surface area contributed by atoms with Crippen LogP contribution in [0.5, 0.6) is 0 Å². The summed E-state index contributed by atoms with van der Waals surface area (Å²) in [6.45, 7) is 7.13. The van der Waals surface area contributed by atoms with E-state index in [1.165, 1.54) is 0 Å². The SMILES string of the molecule is CCCN(CCC)C(=O)CN1CCC=C(C(=O)O)C1. The molecule has 108 valence electrons. The van der Waals surface area contributed by atoms with Gasteiger partial charge in [-0.25, -0.2) is 4.79 Å². The molecule has 0 saturated carbocycles. The molecule has 1 heterocycles. The Labute approximate surface area is 114 Å². The molecule has 0 fully saturated rings. The molecule has 0 radical (unpaired) electrons. The van der Waals surface area contributed by atoms with Crippen molar-refractivity contribution in [1.29, 1.82) is 0 Å². The molecule has 0 bridgehead atoms. The first-order chi connectivity index (χ1) is 9.08. The lowest BCUT2D eigenvalue weighted by atomic mass is 10.1. The van der Waals surface area contributed by atoms with Crippen LogP contribution < -0.4 is 0 Å². The number of amides is 1. The summed E-state index contributed by atoms with van der Waals surface area (Å²) in [4.78, 5) is 26.9. The van der Waals surface area contributed by atoms with Crippen molar-refractivity contribution >= 4 is 11.9 Å². The number of carbonyl (C=O) groups is 2. The van der Waals surface area contributed by atoms with Crippen LogP contribution in [-0.2, 0) is 9.59 Å². The Bertz CT molecular complexity index is 347. The minimum atomic E-state index is -0.879. The molecule has 0 aromatic heterocycles. The van der Waals surface area contributed by atoms with E-state index in [1.54, 1.807) is 6.08 Å². The number of rotatable bonds is 7. The monoisotopic (exact) mass is 268 g/mol. The number of carboxylic acid groups (broad SMARTS) is 1. The highest BCUT2D eigenvalue weighted by molar-refractivity contribution is 5.87. The van der Waals surface area contributed by atoms with Crippen molar-refractivity contribution in [3.63, 3.8) is 0 Å². The van der Waals surface area contributed by atoms with Gasteiger partial charge in [0.25, 0.3) is 0 Å². The van der Waals surface area contributed by atoms with Gasteiger partial charge in [0.05, 0.1) is 6.54 Å².